The van der Waals surface area contributed by atoms with Crippen LogP contribution in [0.5, 0.6) is 0 Å². The minimum Gasteiger partial charge on any atom is -0.328 e. The summed E-state index contributed by atoms with van der Waals surface area (Å²) in [5.74, 6) is 0.523. The van der Waals surface area contributed by atoms with Gasteiger partial charge in [0, 0.05) is 24.9 Å². The van der Waals surface area contributed by atoms with Crippen LogP contribution in [-0.4, -0.2) is 21.6 Å². The number of nitrogens with two attached hydrogens (primary N) is 1. The predicted molar refractivity (Wildman–Crippen MR) is 79.0 cm³/mol. The molecule has 5 heteroatoms. The summed E-state index contributed by atoms with van der Waals surface area (Å²) >= 11 is 3.55. The van der Waals surface area contributed by atoms with Gasteiger partial charge in [-0.2, -0.15) is 5.10 Å². The van der Waals surface area contributed by atoms with Gasteiger partial charge in [-0.1, -0.05) is 0 Å². The molecule has 1 aliphatic carbocycles. The van der Waals surface area contributed by atoms with Gasteiger partial charge in [-0.05, 0) is 55.5 Å². The lowest BCUT2D eigenvalue weighted by molar-refractivity contribution is -0.123. The van der Waals surface area contributed by atoms with Crippen molar-refractivity contribution >= 4 is 21.7 Å². The topological polar surface area (TPSA) is 60.9 Å². The zero-order chi connectivity index (χ0) is 14.0. The first-order valence-corrected chi connectivity index (χ1v) is 7.82. The third-order valence-electron chi connectivity index (χ3n) is 4.02. The maximum absolute atomic E-state index is 12.4. The normalized spacial score (nSPS) is 23.6. The van der Waals surface area contributed by atoms with E-state index in [1.807, 2.05) is 18.5 Å². The number of aryl methyl sites for hydroxylation is 2. The molecule has 0 atom stereocenters. The van der Waals surface area contributed by atoms with Gasteiger partial charge in [0.2, 0.25) is 0 Å². The average Bonchev–Trinajstić information content (AvgIpc) is 2.67. The van der Waals surface area contributed by atoms with Crippen molar-refractivity contribution in [3.05, 3.63) is 15.9 Å². The molecule has 0 spiro atoms. The van der Waals surface area contributed by atoms with Gasteiger partial charge in [-0.3, -0.25) is 9.48 Å². The predicted octanol–water partition coefficient (Wildman–Crippen LogP) is 2.60. The fourth-order valence-corrected chi connectivity index (χ4v) is 3.21. The van der Waals surface area contributed by atoms with Crippen molar-refractivity contribution in [1.82, 2.24) is 9.78 Å². The highest BCUT2D eigenvalue weighted by Crippen LogP contribution is 2.27. The van der Waals surface area contributed by atoms with Crippen LogP contribution in [-0.2, 0) is 17.8 Å². The first-order chi connectivity index (χ1) is 9.02. The second kappa shape index (κ2) is 6.18. The minimum atomic E-state index is 0.187. The van der Waals surface area contributed by atoms with Crippen LogP contribution in [0.15, 0.2) is 4.47 Å². The Bertz CT molecular complexity index is 462. The Morgan fingerprint density at radius 3 is 2.63 bits per heavy atom. The maximum Gasteiger partial charge on any atom is 0.141 e. The third-order valence-corrected chi connectivity index (χ3v) is 5.05. The molecule has 0 amide bonds. The van der Waals surface area contributed by atoms with Crippen molar-refractivity contribution in [3.63, 3.8) is 0 Å². The third kappa shape index (κ3) is 3.26. The van der Waals surface area contributed by atoms with Crippen LogP contribution in [0.2, 0.25) is 0 Å². The van der Waals surface area contributed by atoms with Crippen LogP contribution < -0.4 is 5.73 Å². The molecule has 1 aromatic heterocycles. The molecule has 1 aromatic rings. The average molecular weight is 328 g/mol. The molecular weight excluding hydrogens is 306 g/mol. The highest BCUT2D eigenvalue weighted by Gasteiger charge is 2.26. The van der Waals surface area contributed by atoms with Gasteiger partial charge >= 0.3 is 0 Å². The number of ketones is 1. The van der Waals surface area contributed by atoms with Crippen molar-refractivity contribution in [2.75, 3.05) is 0 Å². The van der Waals surface area contributed by atoms with E-state index < -0.39 is 0 Å². The van der Waals surface area contributed by atoms with Gasteiger partial charge in [0.15, 0.2) is 0 Å². The summed E-state index contributed by atoms with van der Waals surface area (Å²) in [5, 5.41) is 4.44. The summed E-state index contributed by atoms with van der Waals surface area (Å²) in [6.07, 6.45) is 4.32. The lowest BCUT2D eigenvalue weighted by Crippen LogP contribution is -2.30. The minimum absolute atomic E-state index is 0.187. The molecule has 0 bridgehead atoms. The van der Waals surface area contributed by atoms with Gasteiger partial charge < -0.3 is 5.73 Å². The molecule has 1 fully saturated rings. The monoisotopic (exact) mass is 327 g/mol. The molecule has 0 aromatic carbocycles. The Labute approximate surface area is 122 Å². The molecular formula is C14H22BrN3O. The fourth-order valence-electron chi connectivity index (χ4n) is 2.79. The maximum atomic E-state index is 12.4. The Kier molecular flexibility index (Phi) is 4.79. The number of rotatable bonds is 4. The summed E-state index contributed by atoms with van der Waals surface area (Å²) < 4.78 is 2.90. The Hall–Kier alpha value is -0.680. The quantitative estimate of drug-likeness (QED) is 0.924. The summed E-state index contributed by atoms with van der Waals surface area (Å²) in [7, 11) is 0. The second-order valence-corrected chi connectivity index (χ2v) is 6.21. The number of aromatic nitrogens is 2. The number of nitrogens with zero attached hydrogens (tertiary/aromatic N) is 2. The van der Waals surface area contributed by atoms with Gasteiger partial charge in [0.1, 0.15) is 5.78 Å². The molecule has 0 radical (unpaired) electrons. The number of hydrogen-bond donors (Lipinski definition) is 1. The van der Waals surface area contributed by atoms with Crippen molar-refractivity contribution in [3.8, 4) is 0 Å². The summed E-state index contributed by atoms with van der Waals surface area (Å²) in [6, 6.07) is 0.291. The highest BCUT2D eigenvalue weighted by molar-refractivity contribution is 9.10. The number of carbonyl (C=O) groups is 1. The van der Waals surface area contributed by atoms with Gasteiger partial charge in [-0.25, -0.2) is 0 Å². The van der Waals surface area contributed by atoms with Gasteiger partial charge in [-0.15, -0.1) is 0 Å². The van der Waals surface area contributed by atoms with Crippen molar-refractivity contribution in [1.29, 1.82) is 0 Å². The molecule has 106 valence electrons. The van der Waals surface area contributed by atoms with Gasteiger partial charge in [0.05, 0.1) is 15.9 Å². The van der Waals surface area contributed by atoms with Crippen LogP contribution in [0.4, 0.5) is 0 Å². The van der Waals surface area contributed by atoms with Crippen molar-refractivity contribution in [2.45, 2.75) is 58.5 Å². The SMILES string of the molecule is CCn1nc(C)c(Br)c1CC(=O)C1CCC(N)CC1. The first-order valence-electron chi connectivity index (χ1n) is 7.03. The molecule has 0 unspecified atom stereocenters. The standard InChI is InChI=1S/C14H22BrN3O/c1-3-18-12(14(15)9(2)17-18)8-13(19)10-4-6-11(16)7-5-10/h10-11H,3-8,16H2,1-2H3. The molecule has 1 aliphatic rings. The van der Waals surface area contributed by atoms with Gasteiger partial charge in [0.25, 0.3) is 0 Å². The molecule has 2 rings (SSSR count). The smallest absolute Gasteiger partial charge is 0.141 e. The number of Topliss-reactive ketones (excluding diaryl/α,β-unsaturated/α-hetero) is 1. The second-order valence-electron chi connectivity index (χ2n) is 5.42. The summed E-state index contributed by atoms with van der Waals surface area (Å²) in [4.78, 5) is 12.4. The van der Waals surface area contributed by atoms with Crippen molar-refractivity contribution < 1.29 is 4.79 Å². The Morgan fingerprint density at radius 2 is 2.05 bits per heavy atom. The van der Waals surface area contributed by atoms with E-state index in [-0.39, 0.29) is 5.92 Å². The lowest BCUT2D eigenvalue weighted by atomic mass is 9.82. The fraction of sp³-hybridized carbons (Fsp3) is 0.714. The first kappa shape index (κ1) is 14.7. The van der Waals surface area contributed by atoms with E-state index in [4.69, 9.17) is 5.73 Å². The number of halogens is 1. The summed E-state index contributed by atoms with van der Waals surface area (Å²) in [5.41, 5.74) is 7.86. The zero-order valence-corrected chi connectivity index (χ0v) is 13.2. The number of hydrogen-bond acceptors (Lipinski definition) is 3. The molecule has 19 heavy (non-hydrogen) atoms. The summed E-state index contributed by atoms with van der Waals surface area (Å²) in [6.45, 7) is 4.81. The Morgan fingerprint density at radius 1 is 1.42 bits per heavy atom. The highest BCUT2D eigenvalue weighted by atomic mass is 79.9. The van der Waals surface area contributed by atoms with Crippen LogP contribution in [0, 0.1) is 12.8 Å². The van der Waals surface area contributed by atoms with E-state index in [0.29, 0.717) is 18.2 Å². The van der Waals surface area contributed by atoms with E-state index in [9.17, 15) is 4.79 Å². The molecule has 1 heterocycles. The molecule has 4 nitrogen and oxygen atoms in total. The van der Waals surface area contributed by atoms with E-state index >= 15 is 0 Å². The molecule has 2 N–H and O–H groups in total. The van der Waals surface area contributed by atoms with Crippen LogP contribution in [0.25, 0.3) is 0 Å². The molecule has 0 saturated heterocycles. The zero-order valence-electron chi connectivity index (χ0n) is 11.7. The van der Waals surface area contributed by atoms with Crippen LogP contribution >= 0.6 is 15.9 Å². The number of carbonyl (C=O) groups excluding carboxylic acids is 1. The molecule has 1 saturated carbocycles. The van der Waals surface area contributed by atoms with E-state index in [1.165, 1.54) is 0 Å². The van der Waals surface area contributed by atoms with E-state index in [0.717, 1.165) is 48.1 Å². The Balaban J connectivity index is 2.06. The van der Waals surface area contributed by atoms with E-state index in [1.54, 1.807) is 0 Å². The lowest BCUT2D eigenvalue weighted by Gasteiger charge is -2.25. The van der Waals surface area contributed by atoms with Crippen LogP contribution in [0.3, 0.4) is 0 Å². The largest absolute Gasteiger partial charge is 0.328 e. The van der Waals surface area contributed by atoms with E-state index in [2.05, 4.69) is 21.0 Å². The van der Waals surface area contributed by atoms with Crippen LogP contribution in [0.1, 0.15) is 44.0 Å². The van der Waals surface area contributed by atoms with Crippen molar-refractivity contribution in [2.24, 2.45) is 11.7 Å². The molecule has 0 aliphatic heterocycles.